The second-order valence-corrected chi connectivity index (χ2v) is 6.84. The normalized spacial score (nSPS) is 11.0. The number of nitrogens with zero attached hydrogens (tertiary/aromatic N) is 6. The van der Waals surface area contributed by atoms with Crippen LogP contribution in [-0.4, -0.2) is 29.8 Å². The van der Waals surface area contributed by atoms with Crippen molar-refractivity contribution in [1.82, 2.24) is 29.8 Å². The number of ether oxygens (including phenoxy) is 1. The van der Waals surface area contributed by atoms with Crippen molar-refractivity contribution in [3.63, 3.8) is 0 Å². The molecule has 2 aromatic carbocycles. The molecular formula is C20H14N6OS. The van der Waals surface area contributed by atoms with Crippen LogP contribution in [0.3, 0.4) is 0 Å². The lowest BCUT2D eigenvalue weighted by Crippen LogP contribution is -2.05. The fourth-order valence-corrected chi connectivity index (χ4v) is 3.49. The fraction of sp³-hybridized carbons (Fsp3) is 0.0500. The van der Waals surface area contributed by atoms with E-state index < -0.39 is 0 Å². The van der Waals surface area contributed by atoms with Gasteiger partial charge in [0.2, 0.25) is 4.96 Å². The number of aromatic nitrogens is 6. The molecule has 7 nitrogen and oxygen atoms in total. The van der Waals surface area contributed by atoms with Gasteiger partial charge in [0.15, 0.2) is 12.4 Å². The Kier molecular flexibility index (Phi) is 4.23. The van der Waals surface area contributed by atoms with E-state index in [-0.39, 0.29) is 12.6 Å². The molecule has 0 aliphatic carbocycles. The average molecular weight is 386 g/mol. The minimum atomic E-state index is 0.176. The third-order valence-corrected chi connectivity index (χ3v) is 4.86. The van der Waals surface area contributed by atoms with Crippen LogP contribution < -0.4 is 4.74 Å². The van der Waals surface area contributed by atoms with Gasteiger partial charge in [0.25, 0.3) is 0 Å². The molecule has 3 aromatic heterocycles. The van der Waals surface area contributed by atoms with Gasteiger partial charge in [-0.05, 0) is 0 Å². The predicted molar refractivity (Wildman–Crippen MR) is 106 cm³/mol. The van der Waals surface area contributed by atoms with Crippen LogP contribution in [-0.2, 0) is 6.61 Å². The number of thiazole rings is 1. The molecule has 0 atom stereocenters. The summed E-state index contributed by atoms with van der Waals surface area (Å²) >= 11 is 1.52. The molecule has 136 valence electrons. The molecule has 0 spiro atoms. The molecule has 8 heteroatoms. The lowest BCUT2D eigenvalue weighted by Gasteiger charge is -2.09. The van der Waals surface area contributed by atoms with Crippen molar-refractivity contribution in [2.24, 2.45) is 0 Å². The summed E-state index contributed by atoms with van der Waals surface area (Å²) in [6.07, 6.45) is 1.86. The van der Waals surface area contributed by atoms with E-state index in [4.69, 9.17) is 4.74 Å². The van der Waals surface area contributed by atoms with Crippen LogP contribution in [0.5, 0.6) is 6.01 Å². The third kappa shape index (κ3) is 3.21. The first-order valence-electron chi connectivity index (χ1n) is 8.64. The lowest BCUT2D eigenvalue weighted by atomic mass is 10.0. The first-order valence-corrected chi connectivity index (χ1v) is 9.52. The SMILES string of the molecule is c1ccc(-c2nnc(OCc3nc4sccn4n3)nc2-c2ccccc2)cc1. The number of hydrogen-bond donors (Lipinski definition) is 0. The van der Waals surface area contributed by atoms with Gasteiger partial charge in [0.05, 0.1) is 0 Å². The molecule has 0 saturated heterocycles. The number of rotatable bonds is 5. The van der Waals surface area contributed by atoms with Gasteiger partial charge < -0.3 is 4.74 Å². The molecule has 0 amide bonds. The molecular weight excluding hydrogens is 372 g/mol. The van der Waals surface area contributed by atoms with Gasteiger partial charge in [-0.25, -0.2) is 4.52 Å². The number of fused-ring (bicyclic) bond motifs is 1. The van der Waals surface area contributed by atoms with E-state index in [1.54, 1.807) is 4.52 Å². The Morgan fingerprint density at radius 3 is 2.25 bits per heavy atom. The highest BCUT2D eigenvalue weighted by Gasteiger charge is 2.15. The van der Waals surface area contributed by atoms with Gasteiger partial charge >= 0.3 is 6.01 Å². The van der Waals surface area contributed by atoms with Gasteiger partial charge in [0.1, 0.15) is 11.4 Å². The zero-order valence-electron chi connectivity index (χ0n) is 14.6. The molecule has 28 heavy (non-hydrogen) atoms. The highest BCUT2D eigenvalue weighted by Crippen LogP contribution is 2.29. The summed E-state index contributed by atoms with van der Waals surface area (Å²) in [7, 11) is 0. The summed E-state index contributed by atoms with van der Waals surface area (Å²) < 4.78 is 7.44. The zero-order valence-corrected chi connectivity index (χ0v) is 15.5. The molecule has 0 aliphatic rings. The lowest BCUT2D eigenvalue weighted by molar-refractivity contribution is 0.268. The van der Waals surface area contributed by atoms with E-state index in [0.29, 0.717) is 11.5 Å². The summed E-state index contributed by atoms with van der Waals surface area (Å²) in [5.41, 5.74) is 3.32. The second kappa shape index (κ2) is 7.16. The van der Waals surface area contributed by atoms with Gasteiger partial charge in [-0.1, -0.05) is 65.8 Å². The van der Waals surface area contributed by atoms with E-state index in [1.165, 1.54) is 11.3 Å². The molecule has 0 radical (unpaired) electrons. The second-order valence-electron chi connectivity index (χ2n) is 5.97. The van der Waals surface area contributed by atoms with Crippen molar-refractivity contribution in [1.29, 1.82) is 0 Å². The van der Waals surface area contributed by atoms with Gasteiger partial charge in [-0.3, -0.25) is 0 Å². The summed E-state index contributed by atoms with van der Waals surface area (Å²) in [6.45, 7) is 0.176. The minimum absolute atomic E-state index is 0.176. The summed E-state index contributed by atoms with van der Waals surface area (Å²) in [4.78, 5) is 9.84. The quantitative estimate of drug-likeness (QED) is 0.456. The van der Waals surface area contributed by atoms with Crippen LogP contribution in [0.1, 0.15) is 5.82 Å². The number of benzene rings is 2. The molecule has 0 aliphatic heterocycles. The van der Waals surface area contributed by atoms with Crippen molar-refractivity contribution < 1.29 is 4.74 Å². The third-order valence-electron chi connectivity index (χ3n) is 4.11. The van der Waals surface area contributed by atoms with E-state index in [0.717, 1.165) is 21.8 Å². The van der Waals surface area contributed by atoms with Crippen LogP contribution in [0.4, 0.5) is 0 Å². The number of hydrogen-bond acceptors (Lipinski definition) is 7. The van der Waals surface area contributed by atoms with Crippen LogP contribution in [0.15, 0.2) is 72.2 Å². The van der Waals surface area contributed by atoms with Gasteiger partial charge in [-0.2, -0.15) is 9.97 Å². The molecule has 5 rings (SSSR count). The van der Waals surface area contributed by atoms with Crippen molar-refractivity contribution >= 4 is 16.3 Å². The van der Waals surface area contributed by atoms with Crippen LogP contribution in [0.2, 0.25) is 0 Å². The molecule has 0 bridgehead atoms. The first-order chi connectivity index (χ1) is 13.9. The summed E-state index contributed by atoms with van der Waals surface area (Å²) in [6, 6.07) is 19.9. The molecule has 0 unspecified atom stereocenters. The Labute approximate surface area is 164 Å². The summed E-state index contributed by atoms with van der Waals surface area (Å²) in [5, 5.41) is 14.8. The zero-order chi connectivity index (χ0) is 18.8. The predicted octanol–water partition coefficient (Wildman–Crippen LogP) is 3.89. The van der Waals surface area contributed by atoms with Crippen molar-refractivity contribution in [2.75, 3.05) is 0 Å². The Morgan fingerprint density at radius 2 is 1.54 bits per heavy atom. The molecule has 0 N–H and O–H groups in total. The van der Waals surface area contributed by atoms with Crippen LogP contribution in [0, 0.1) is 0 Å². The van der Waals surface area contributed by atoms with Crippen molar-refractivity contribution in [3.8, 4) is 28.5 Å². The molecule has 0 saturated carbocycles. The van der Waals surface area contributed by atoms with E-state index >= 15 is 0 Å². The van der Waals surface area contributed by atoms with Gasteiger partial charge in [-0.15, -0.1) is 21.5 Å². The Morgan fingerprint density at radius 1 is 0.821 bits per heavy atom. The fourth-order valence-electron chi connectivity index (χ4n) is 2.83. The highest BCUT2D eigenvalue weighted by atomic mass is 32.1. The smallest absolute Gasteiger partial charge is 0.336 e. The molecule has 0 fully saturated rings. The van der Waals surface area contributed by atoms with E-state index in [9.17, 15) is 0 Å². The topological polar surface area (TPSA) is 78.1 Å². The van der Waals surface area contributed by atoms with Crippen LogP contribution >= 0.6 is 11.3 Å². The Bertz CT molecular complexity index is 1190. The minimum Gasteiger partial charge on any atom is -0.454 e. The maximum atomic E-state index is 5.73. The molecule has 5 aromatic rings. The monoisotopic (exact) mass is 386 g/mol. The maximum Gasteiger partial charge on any atom is 0.336 e. The first kappa shape index (κ1) is 16.5. The van der Waals surface area contributed by atoms with E-state index in [2.05, 4.69) is 25.3 Å². The Balaban J connectivity index is 1.48. The van der Waals surface area contributed by atoms with Crippen molar-refractivity contribution in [3.05, 3.63) is 78.1 Å². The largest absolute Gasteiger partial charge is 0.454 e. The Hall–Kier alpha value is -3.65. The maximum absolute atomic E-state index is 5.73. The standard InChI is InChI=1S/C20H14N6OS/c1-3-7-14(8-4-1)17-18(15-9-5-2-6-10-15)23-24-19(22-17)27-13-16-21-20-26(25-16)11-12-28-20/h1-12H,13H2. The average Bonchev–Trinajstić information content (AvgIpc) is 3.35. The van der Waals surface area contributed by atoms with Gasteiger partial charge in [0, 0.05) is 22.7 Å². The van der Waals surface area contributed by atoms with Crippen LogP contribution in [0.25, 0.3) is 27.5 Å². The van der Waals surface area contributed by atoms with E-state index in [1.807, 2.05) is 72.2 Å². The molecule has 3 heterocycles. The van der Waals surface area contributed by atoms with Crippen molar-refractivity contribution in [2.45, 2.75) is 6.61 Å². The highest BCUT2D eigenvalue weighted by molar-refractivity contribution is 7.15. The summed E-state index contributed by atoms with van der Waals surface area (Å²) in [5.74, 6) is 0.573.